The Morgan fingerprint density at radius 2 is 1.64 bits per heavy atom. The number of methoxy groups -OCH3 is 1. The van der Waals surface area contributed by atoms with Crippen LogP contribution in [0.3, 0.4) is 0 Å². The number of rotatable bonds is 6. The molecule has 0 amide bonds. The predicted molar refractivity (Wildman–Crippen MR) is 97.8 cm³/mol. The van der Waals surface area contributed by atoms with Crippen molar-refractivity contribution in [2.45, 2.75) is 50.4 Å². The number of hydrogen-bond donors (Lipinski definition) is 0. The molecule has 150 valence electrons. The summed E-state index contributed by atoms with van der Waals surface area (Å²) in [7, 11) is 1.43. The Hall–Kier alpha value is -2.05. The van der Waals surface area contributed by atoms with Crippen molar-refractivity contribution in [2.75, 3.05) is 13.7 Å². The maximum absolute atomic E-state index is 14.5. The van der Waals surface area contributed by atoms with Gasteiger partial charge < -0.3 is 14.2 Å². The van der Waals surface area contributed by atoms with Crippen LogP contribution < -0.4 is 4.74 Å². The van der Waals surface area contributed by atoms with Crippen LogP contribution >= 0.6 is 0 Å². The van der Waals surface area contributed by atoms with Crippen LogP contribution in [0.5, 0.6) is 5.75 Å². The van der Waals surface area contributed by atoms with Gasteiger partial charge in [0.15, 0.2) is 23.2 Å². The second-order valence-electron chi connectivity index (χ2n) is 7.45. The lowest BCUT2D eigenvalue weighted by Crippen LogP contribution is -2.21. The van der Waals surface area contributed by atoms with E-state index < -0.39 is 17.5 Å². The van der Waals surface area contributed by atoms with Crippen molar-refractivity contribution in [3.8, 4) is 5.75 Å². The van der Waals surface area contributed by atoms with Crippen molar-refractivity contribution >= 4 is 0 Å². The highest BCUT2D eigenvalue weighted by Crippen LogP contribution is 2.39. The molecular weight excluding hydrogens is 369 g/mol. The lowest BCUT2D eigenvalue weighted by atomic mass is 9.82. The Kier molecular flexibility index (Phi) is 5.60. The summed E-state index contributed by atoms with van der Waals surface area (Å²) in [5.74, 6) is -1.74. The van der Waals surface area contributed by atoms with Crippen LogP contribution in [0.25, 0.3) is 0 Å². The lowest BCUT2D eigenvalue weighted by molar-refractivity contribution is 0.0130. The fraction of sp³-hybridized carbons (Fsp3) is 0.455. The average Bonchev–Trinajstić information content (AvgIpc) is 3.54. The number of ether oxygens (including phenoxy) is 3. The largest absolute Gasteiger partial charge is 0.494 e. The maximum atomic E-state index is 14.5. The molecule has 1 heterocycles. The van der Waals surface area contributed by atoms with Crippen molar-refractivity contribution < 1.29 is 27.4 Å². The summed E-state index contributed by atoms with van der Waals surface area (Å²) < 4.78 is 58.4. The molecule has 1 atom stereocenters. The first-order chi connectivity index (χ1) is 13.6. The zero-order chi connectivity index (χ0) is 19.7. The Labute approximate surface area is 162 Å². The molecule has 0 aromatic heterocycles. The molecule has 0 bridgehead atoms. The van der Waals surface area contributed by atoms with Gasteiger partial charge in [-0.15, -0.1) is 0 Å². The van der Waals surface area contributed by atoms with Crippen LogP contribution in [-0.2, 0) is 16.1 Å². The third-order valence-electron chi connectivity index (χ3n) is 5.64. The Balaban J connectivity index is 1.32. The fourth-order valence-electron chi connectivity index (χ4n) is 3.93. The summed E-state index contributed by atoms with van der Waals surface area (Å²) in [4.78, 5) is 0. The summed E-state index contributed by atoms with van der Waals surface area (Å²) in [5, 5.41) is 0. The van der Waals surface area contributed by atoms with Crippen LogP contribution in [0.2, 0.25) is 0 Å². The third-order valence-corrected chi connectivity index (χ3v) is 5.64. The van der Waals surface area contributed by atoms with Crippen molar-refractivity contribution in [1.29, 1.82) is 0 Å². The van der Waals surface area contributed by atoms with Gasteiger partial charge in [-0.3, -0.25) is 0 Å². The molecule has 2 aromatic carbocycles. The standard InChI is InChI=1S/C22H23F3O3/c1-26-19-9-2-13(10-18(19)23)11-27-15-5-3-14(4-6-15)16-7-8-17(20-12-28-20)22(25)21(16)24/h2,7-10,14-15,20H,3-6,11-12H2,1H3. The van der Waals surface area contributed by atoms with Gasteiger partial charge in [0.1, 0.15) is 6.10 Å². The highest BCUT2D eigenvalue weighted by molar-refractivity contribution is 5.32. The molecule has 2 fully saturated rings. The molecule has 2 aromatic rings. The van der Waals surface area contributed by atoms with Crippen LogP contribution in [-0.4, -0.2) is 19.8 Å². The van der Waals surface area contributed by atoms with E-state index in [4.69, 9.17) is 14.2 Å². The molecule has 1 aliphatic heterocycles. The smallest absolute Gasteiger partial charge is 0.165 e. The highest BCUT2D eigenvalue weighted by atomic mass is 19.2. The highest BCUT2D eigenvalue weighted by Gasteiger charge is 2.32. The Bertz CT molecular complexity index is 843. The Morgan fingerprint density at radius 3 is 2.29 bits per heavy atom. The van der Waals surface area contributed by atoms with E-state index in [-0.39, 0.29) is 23.9 Å². The summed E-state index contributed by atoms with van der Waals surface area (Å²) >= 11 is 0. The van der Waals surface area contributed by atoms with E-state index in [1.807, 2.05) is 0 Å². The molecular formula is C22H23F3O3. The summed E-state index contributed by atoms with van der Waals surface area (Å²) in [6, 6.07) is 8.11. The minimum absolute atomic E-state index is 0.0121. The van der Waals surface area contributed by atoms with Crippen molar-refractivity contribution in [2.24, 2.45) is 0 Å². The first-order valence-electron chi connectivity index (χ1n) is 9.60. The van der Waals surface area contributed by atoms with E-state index in [1.165, 1.54) is 13.2 Å². The minimum Gasteiger partial charge on any atom is -0.494 e. The first-order valence-corrected chi connectivity index (χ1v) is 9.60. The normalized spacial score (nSPS) is 24.2. The van der Waals surface area contributed by atoms with Crippen LogP contribution in [0.1, 0.15) is 54.4 Å². The molecule has 3 nitrogen and oxygen atoms in total. The van der Waals surface area contributed by atoms with Gasteiger partial charge in [0.25, 0.3) is 0 Å². The van der Waals surface area contributed by atoms with Gasteiger partial charge in [-0.25, -0.2) is 13.2 Å². The third kappa shape index (κ3) is 4.03. The average molecular weight is 392 g/mol. The molecule has 2 aliphatic rings. The monoisotopic (exact) mass is 392 g/mol. The van der Waals surface area contributed by atoms with Crippen molar-refractivity contribution in [3.05, 3.63) is 64.5 Å². The first kappa shape index (κ1) is 19.3. The molecule has 1 saturated carbocycles. The minimum atomic E-state index is -0.778. The fourth-order valence-corrected chi connectivity index (χ4v) is 3.93. The van der Waals surface area contributed by atoms with E-state index in [9.17, 15) is 13.2 Å². The SMILES string of the molecule is COc1ccc(COC2CCC(c3ccc(C4CO4)c(F)c3F)CC2)cc1F. The molecule has 28 heavy (non-hydrogen) atoms. The maximum Gasteiger partial charge on any atom is 0.165 e. The lowest BCUT2D eigenvalue weighted by Gasteiger charge is -2.29. The van der Waals surface area contributed by atoms with E-state index in [1.54, 1.807) is 24.3 Å². The van der Waals surface area contributed by atoms with Crippen LogP contribution in [0.15, 0.2) is 30.3 Å². The quantitative estimate of drug-likeness (QED) is 0.615. The van der Waals surface area contributed by atoms with Gasteiger partial charge >= 0.3 is 0 Å². The summed E-state index contributed by atoms with van der Waals surface area (Å²) in [5.41, 5.74) is 1.49. The number of benzene rings is 2. The molecule has 0 radical (unpaired) electrons. The Morgan fingerprint density at radius 1 is 0.964 bits per heavy atom. The van der Waals surface area contributed by atoms with Gasteiger partial charge in [-0.1, -0.05) is 18.2 Å². The van der Waals surface area contributed by atoms with Crippen LogP contribution in [0.4, 0.5) is 13.2 Å². The summed E-state index contributed by atoms with van der Waals surface area (Å²) in [6.07, 6.45) is 2.73. The zero-order valence-electron chi connectivity index (χ0n) is 15.7. The van der Waals surface area contributed by atoms with Gasteiger partial charge in [0, 0.05) is 5.56 Å². The predicted octanol–water partition coefficient (Wildman–Crippen LogP) is 5.43. The number of hydrogen-bond acceptors (Lipinski definition) is 3. The van der Waals surface area contributed by atoms with Gasteiger partial charge in [-0.05, 0) is 54.9 Å². The topological polar surface area (TPSA) is 31.0 Å². The van der Waals surface area contributed by atoms with E-state index in [0.717, 1.165) is 31.2 Å². The molecule has 0 N–H and O–H groups in total. The molecule has 0 spiro atoms. The molecule has 6 heteroatoms. The van der Waals surface area contributed by atoms with Crippen molar-refractivity contribution in [3.63, 3.8) is 0 Å². The second-order valence-corrected chi connectivity index (χ2v) is 7.45. The van der Waals surface area contributed by atoms with E-state index in [2.05, 4.69) is 0 Å². The van der Waals surface area contributed by atoms with Crippen molar-refractivity contribution in [1.82, 2.24) is 0 Å². The molecule has 1 saturated heterocycles. The van der Waals surface area contributed by atoms with Gasteiger partial charge in [0.2, 0.25) is 0 Å². The van der Waals surface area contributed by atoms with Gasteiger partial charge in [-0.2, -0.15) is 0 Å². The van der Waals surface area contributed by atoms with E-state index in [0.29, 0.717) is 24.3 Å². The molecule has 1 unspecified atom stereocenters. The number of halogens is 3. The van der Waals surface area contributed by atoms with Crippen LogP contribution in [0, 0.1) is 17.5 Å². The zero-order valence-corrected chi connectivity index (χ0v) is 15.7. The molecule has 1 aliphatic carbocycles. The van der Waals surface area contributed by atoms with E-state index >= 15 is 0 Å². The van der Waals surface area contributed by atoms with Gasteiger partial charge in [0.05, 0.1) is 26.4 Å². The molecule has 4 rings (SSSR count). The number of epoxide rings is 1. The second kappa shape index (κ2) is 8.13. The summed E-state index contributed by atoms with van der Waals surface area (Å²) in [6.45, 7) is 0.769.